The third kappa shape index (κ3) is 2.38. The van der Waals surface area contributed by atoms with Crippen LogP contribution in [0.25, 0.3) is 16.6 Å². The summed E-state index contributed by atoms with van der Waals surface area (Å²) < 4.78 is 3.06. The second-order valence-corrected chi connectivity index (χ2v) is 4.79. The minimum absolute atomic E-state index is 0.218. The van der Waals surface area contributed by atoms with Crippen molar-refractivity contribution in [3.63, 3.8) is 0 Å². The lowest BCUT2D eigenvalue weighted by Crippen LogP contribution is -2.10. The van der Waals surface area contributed by atoms with E-state index in [1.165, 1.54) is 4.68 Å². The van der Waals surface area contributed by atoms with Gasteiger partial charge in [0.25, 0.3) is 0 Å². The van der Waals surface area contributed by atoms with Gasteiger partial charge in [0.05, 0.1) is 23.5 Å². The first-order chi connectivity index (χ1) is 10.1. The van der Waals surface area contributed by atoms with E-state index in [2.05, 4.69) is 10.2 Å². The van der Waals surface area contributed by atoms with Crippen LogP contribution in [0.3, 0.4) is 0 Å². The summed E-state index contributed by atoms with van der Waals surface area (Å²) in [6.07, 6.45) is 4.34. The Morgan fingerprint density at radius 2 is 2.19 bits per heavy atom. The molecule has 0 aliphatic rings. The van der Waals surface area contributed by atoms with Crippen LogP contribution < -0.4 is 0 Å². The topological polar surface area (TPSA) is 93.2 Å². The van der Waals surface area contributed by atoms with Crippen molar-refractivity contribution < 1.29 is 15.0 Å². The highest BCUT2D eigenvalue weighted by molar-refractivity contribution is 5.83. The van der Waals surface area contributed by atoms with Crippen molar-refractivity contribution in [2.24, 2.45) is 0 Å². The fraction of sp³-hybridized carbons (Fsp3) is 0.214. The van der Waals surface area contributed by atoms with Crippen LogP contribution in [0.15, 0.2) is 36.8 Å². The molecule has 2 N–H and O–H groups in total. The van der Waals surface area contributed by atoms with E-state index in [-0.39, 0.29) is 6.54 Å². The maximum atomic E-state index is 10.9. The number of carbonyl (C=O) groups is 1. The molecule has 1 atom stereocenters. The molecule has 0 fully saturated rings. The van der Waals surface area contributed by atoms with E-state index in [1.54, 1.807) is 42.3 Å². The van der Waals surface area contributed by atoms with Crippen LogP contribution in [0.4, 0.5) is 0 Å². The zero-order valence-corrected chi connectivity index (χ0v) is 11.3. The average Bonchev–Trinajstić information content (AvgIpc) is 3.06. The summed E-state index contributed by atoms with van der Waals surface area (Å²) in [5, 5.41) is 27.9. The second-order valence-electron chi connectivity index (χ2n) is 4.79. The number of hydrogen-bond acceptors (Lipinski definition) is 4. The molecule has 2 heterocycles. The molecule has 3 aromatic rings. The largest absolute Gasteiger partial charge is 0.480 e. The monoisotopic (exact) mass is 286 g/mol. The number of aliphatic hydroxyl groups excluding tert-OH is 1. The first-order valence-electron chi connectivity index (χ1n) is 6.45. The average molecular weight is 286 g/mol. The minimum atomic E-state index is -0.963. The van der Waals surface area contributed by atoms with Crippen LogP contribution in [-0.4, -0.2) is 35.7 Å². The third-order valence-corrected chi connectivity index (χ3v) is 3.28. The SMILES string of the molecule is C[C@@H](O)c1cc2c(cnn2CC(=O)O)cc1-n1cccn1. The first-order valence-corrected chi connectivity index (χ1v) is 6.45. The van der Waals surface area contributed by atoms with E-state index in [0.29, 0.717) is 11.1 Å². The molecule has 3 rings (SSSR count). The van der Waals surface area contributed by atoms with Crippen LogP contribution in [0.1, 0.15) is 18.6 Å². The van der Waals surface area contributed by atoms with Gasteiger partial charge in [-0.1, -0.05) is 0 Å². The lowest BCUT2D eigenvalue weighted by molar-refractivity contribution is -0.137. The third-order valence-electron chi connectivity index (χ3n) is 3.28. The van der Waals surface area contributed by atoms with E-state index in [4.69, 9.17) is 5.11 Å². The van der Waals surface area contributed by atoms with Crippen LogP contribution in [0, 0.1) is 0 Å². The molecule has 0 bridgehead atoms. The first kappa shape index (κ1) is 13.3. The zero-order valence-electron chi connectivity index (χ0n) is 11.3. The van der Waals surface area contributed by atoms with Gasteiger partial charge in [-0.15, -0.1) is 0 Å². The molecular formula is C14H14N4O3. The second kappa shape index (κ2) is 5.02. The number of nitrogens with zero attached hydrogens (tertiary/aromatic N) is 4. The molecule has 0 aliphatic carbocycles. The summed E-state index contributed by atoms with van der Waals surface area (Å²) in [6.45, 7) is 1.44. The summed E-state index contributed by atoms with van der Waals surface area (Å²) in [4.78, 5) is 10.9. The van der Waals surface area contributed by atoms with Crippen molar-refractivity contribution >= 4 is 16.9 Å². The van der Waals surface area contributed by atoms with E-state index in [9.17, 15) is 9.90 Å². The van der Waals surface area contributed by atoms with Crippen molar-refractivity contribution in [1.82, 2.24) is 19.6 Å². The number of aromatic nitrogens is 4. The Balaban J connectivity index is 2.21. The van der Waals surface area contributed by atoms with Gasteiger partial charge in [-0.2, -0.15) is 10.2 Å². The van der Waals surface area contributed by atoms with Crippen LogP contribution in [0.5, 0.6) is 0 Å². The Labute approximate surface area is 120 Å². The molecule has 21 heavy (non-hydrogen) atoms. The Hall–Kier alpha value is -2.67. The van der Waals surface area contributed by atoms with Gasteiger partial charge in [0.1, 0.15) is 6.54 Å². The Morgan fingerprint density at radius 3 is 2.81 bits per heavy atom. The normalized spacial score (nSPS) is 12.7. The lowest BCUT2D eigenvalue weighted by atomic mass is 10.1. The summed E-state index contributed by atoms with van der Waals surface area (Å²) in [5.41, 5.74) is 2.08. The molecule has 7 nitrogen and oxygen atoms in total. The number of carboxylic acids is 1. The van der Waals surface area contributed by atoms with Gasteiger partial charge in [-0.05, 0) is 25.1 Å². The molecule has 2 aromatic heterocycles. The van der Waals surface area contributed by atoms with Gasteiger partial charge >= 0.3 is 5.97 Å². The molecular weight excluding hydrogens is 272 g/mol. The van der Waals surface area contributed by atoms with Crippen molar-refractivity contribution in [1.29, 1.82) is 0 Å². The van der Waals surface area contributed by atoms with E-state index in [1.807, 2.05) is 6.07 Å². The number of carboxylic acid groups (broad SMARTS) is 1. The Morgan fingerprint density at radius 1 is 1.38 bits per heavy atom. The van der Waals surface area contributed by atoms with E-state index < -0.39 is 12.1 Å². The summed E-state index contributed by atoms with van der Waals surface area (Å²) in [7, 11) is 0. The Kier molecular flexibility index (Phi) is 3.19. The van der Waals surface area contributed by atoms with Gasteiger partial charge in [0.15, 0.2) is 0 Å². The molecule has 0 radical (unpaired) electrons. The number of benzene rings is 1. The van der Waals surface area contributed by atoms with Crippen molar-refractivity contribution in [2.45, 2.75) is 19.6 Å². The minimum Gasteiger partial charge on any atom is -0.480 e. The van der Waals surface area contributed by atoms with Gasteiger partial charge in [-0.3, -0.25) is 9.48 Å². The van der Waals surface area contributed by atoms with Crippen molar-refractivity contribution in [2.75, 3.05) is 0 Å². The predicted molar refractivity (Wildman–Crippen MR) is 75.1 cm³/mol. The molecule has 0 saturated heterocycles. The highest BCUT2D eigenvalue weighted by Crippen LogP contribution is 2.27. The van der Waals surface area contributed by atoms with E-state index in [0.717, 1.165) is 11.1 Å². The van der Waals surface area contributed by atoms with Gasteiger partial charge in [-0.25, -0.2) is 4.68 Å². The predicted octanol–water partition coefficient (Wildman–Crippen LogP) is 1.36. The summed E-state index contributed by atoms with van der Waals surface area (Å²) in [6, 6.07) is 5.40. The maximum Gasteiger partial charge on any atom is 0.325 e. The maximum absolute atomic E-state index is 10.9. The zero-order chi connectivity index (χ0) is 15.0. The van der Waals surface area contributed by atoms with Crippen LogP contribution in [0.2, 0.25) is 0 Å². The standard InChI is InChI=1S/C14H14N4O3/c1-9(19)11-6-12-10(7-16-18(12)8-14(20)21)5-13(11)17-4-2-3-15-17/h2-7,9,19H,8H2,1H3,(H,20,21)/t9-/m1/s1. The quantitative estimate of drug-likeness (QED) is 0.755. The molecule has 1 aromatic carbocycles. The molecule has 0 aliphatic heterocycles. The number of fused-ring (bicyclic) bond motifs is 1. The highest BCUT2D eigenvalue weighted by Gasteiger charge is 2.15. The van der Waals surface area contributed by atoms with Crippen molar-refractivity contribution in [3.8, 4) is 5.69 Å². The summed E-state index contributed by atoms with van der Waals surface area (Å²) >= 11 is 0. The van der Waals surface area contributed by atoms with Crippen LogP contribution >= 0.6 is 0 Å². The number of hydrogen-bond donors (Lipinski definition) is 2. The smallest absolute Gasteiger partial charge is 0.325 e. The van der Waals surface area contributed by atoms with Crippen LogP contribution in [-0.2, 0) is 11.3 Å². The number of aliphatic hydroxyl groups is 1. The fourth-order valence-electron chi connectivity index (χ4n) is 2.33. The molecule has 0 unspecified atom stereocenters. The molecule has 0 amide bonds. The van der Waals surface area contributed by atoms with E-state index >= 15 is 0 Å². The Bertz CT molecular complexity index is 790. The molecule has 0 saturated carbocycles. The van der Waals surface area contributed by atoms with Gasteiger partial charge in [0.2, 0.25) is 0 Å². The van der Waals surface area contributed by atoms with Crippen molar-refractivity contribution in [3.05, 3.63) is 42.4 Å². The van der Waals surface area contributed by atoms with Gasteiger partial charge < -0.3 is 10.2 Å². The molecule has 108 valence electrons. The fourth-order valence-corrected chi connectivity index (χ4v) is 2.33. The highest BCUT2D eigenvalue weighted by atomic mass is 16.4. The molecule has 0 spiro atoms. The van der Waals surface area contributed by atoms with Gasteiger partial charge in [0, 0.05) is 23.3 Å². The number of aliphatic carboxylic acids is 1. The lowest BCUT2D eigenvalue weighted by Gasteiger charge is -2.13. The summed E-state index contributed by atoms with van der Waals surface area (Å²) in [5.74, 6) is -0.963. The number of rotatable bonds is 4. The molecule has 7 heteroatoms.